The lowest BCUT2D eigenvalue weighted by atomic mass is 10.0. The Morgan fingerprint density at radius 2 is 1.83 bits per heavy atom. The predicted octanol–water partition coefficient (Wildman–Crippen LogP) is 4.64. The number of likely N-dealkylation sites (tertiary alicyclic amines) is 2. The Bertz CT molecular complexity index is 1160. The Balaban J connectivity index is 1.38. The highest BCUT2D eigenvalue weighted by Crippen LogP contribution is 2.32. The summed E-state index contributed by atoms with van der Waals surface area (Å²) in [4.78, 5) is 56.3. The number of benzene rings is 1. The third-order valence-corrected chi connectivity index (χ3v) is 9.27. The molecule has 0 saturated carbocycles. The fraction of sp³-hybridized carbons (Fsp3) is 0.667. The Morgan fingerprint density at radius 1 is 1.07 bits per heavy atom. The van der Waals surface area contributed by atoms with Crippen molar-refractivity contribution in [2.45, 2.75) is 103 Å². The lowest BCUT2D eigenvalue weighted by Gasteiger charge is -2.35. The van der Waals surface area contributed by atoms with Gasteiger partial charge in [-0.1, -0.05) is 19.6 Å². The molecule has 10 nitrogen and oxygen atoms in total. The van der Waals surface area contributed by atoms with Crippen molar-refractivity contribution in [3.05, 3.63) is 29.3 Å². The summed E-state index contributed by atoms with van der Waals surface area (Å²) < 4.78 is 17.6. The van der Waals surface area contributed by atoms with Gasteiger partial charge in [-0.25, -0.2) is 4.79 Å². The van der Waals surface area contributed by atoms with Crippen LogP contribution in [0.25, 0.3) is 0 Å². The maximum Gasteiger partial charge on any atom is 0.410 e. The van der Waals surface area contributed by atoms with Gasteiger partial charge in [-0.05, 0) is 76.3 Å². The number of amides is 4. The van der Waals surface area contributed by atoms with Crippen LogP contribution in [0.4, 0.5) is 4.79 Å². The van der Waals surface area contributed by atoms with E-state index in [2.05, 4.69) is 19.6 Å². The summed E-state index contributed by atoms with van der Waals surface area (Å²) in [6, 6.07) is 5.60. The first-order valence-electron chi connectivity index (χ1n) is 14.7. The van der Waals surface area contributed by atoms with Crippen LogP contribution < -0.4 is 4.74 Å². The van der Waals surface area contributed by atoms with Gasteiger partial charge in [0.2, 0.25) is 5.91 Å². The van der Waals surface area contributed by atoms with Gasteiger partial charge in [0.05, 0.1) is 6.54 Å². The van der Waals surface area contributed by atoms with Crippen molar-refractivity contribution in [1.29, 1.82) is 0 Å². The maximum absolute atomic E-state index is 13.3. The lowest BCUT2D eigenvalue weighted by Crippen LogP contribution is -2.55. The molecule has 226 valence electrons. The molecule has 2 saturated heterocycles. The molecule has 1 aromatic carbocycles. The zero-order chi connectivity index (χ0) is 29.9. The van der Waals surface area contributed by atoms with E-state index in [0.29, 0.717) is 37.4 Å². The molecule has 41 heavy (non-hydrogen) atoms. The van der Waals surface area contributed by atoms with Gasteiger partial charge in [-0.3, -0.25) is 19.3 Å². The first-order chi connectivity index (χ1) is 19.2. The molecule has 0 spiro atoms. The number of fused-ring (bicyclic) bond motifs is 1. The first kappa shape index (κ1) is 31.0. The Labute approximate surface area is 244 Å². The van der Waals surface area contributed by atoms with Gasteiger partial charge in [0, 0.05) is 39.8 Å². The second-order valence-corrected chi connectivity index (χ2v) is 19.1. The third-order valence-electron chi connectivity index (χ3n) is 7.57. The van der Waals surface area contributed by atoms with Crippen LogP contribution in [-0.2, 0) is 25.6 Å². The highest BCUT2D eigenvalue weighted by molar-refractivity contribution is 6.76. The van der Waals surface area contributed by atoms with E-state index in [1.807, 2.05) is 26.8 Å². The molecule has 2 atom stereocenters. The van der Waals surface area contributed by atoms with Crippen LogP contribution in [0, 0.1) is 0 Å². The number of imide groups is 1. The summed E-state index contributed by atoms with van der Waals surface area (Å²) in [6.45, 7) is 14.0. The van der Waals surface area contributed by atoms with E-state index in [1.54, 1.807) is 21.9 Å². The molecular formula is C30H45N3O7Si. The number of carbonyl (C=O) groups is 4. The number of hydrogen-bond acceptors (Lipinski definition) is 7. The van der Waals surface area contributed by atoms with Gasteiger partial charge in [0.1, 0.15) is 30.2 Å². The fourth-order valence-electron chi connectivity index (χ4n) is 5.31. The lowest BCUT2D eigenvalue weighted by molar-refractivity contribution is -0.158. The number of nitrogens with zero attached hydrogens (tertiary/aromatic N) is 3. The number of carbonyl (C=O) groups excluding carboxylic acids is 4. The van der Waals surface area contributed by atoms with E-state index in [0.717, 1.165) is 35.8 Å². The predicted molar refractivity (Wildman–Crippen MR) is 156 cm³/mol. The van der Waals surface area contributed by atoms with Crippen molar-refractivity contribution in [3.63, 3.8) is 0 Å². The highest BCUT2D eigenvalue weighted by atomic mass is 28.3. The summed E-state index contributed by atoms with van der Waals surface area (Å²) >= 11 is 0. The van der Waals surface area contributed by atoms with E-state index in [-0.39, 0.29) is 49.6 Å². The largest absolute Gasteiger partial charge is 0.489 e. The van der Waals surface area contributed by atoms with Gasteiger partial charge in [-0.15, -0.1) is 0 Å². The van der Waals surface area contributed by atoms with Crippen molar-refractivity contribution in [1.82, 2.24) is 14.7 Å². The van der Waals surface area contributed by atoms with Gasteiger partial charge in [0.25, 0.3) is 11.8 Å². The monoisotopic (exact) mass is 587 g/mol. The van der Waals surface area contributed by atoms with Gasteiger partial charge >= 0.3 is 6.09 Å². The summed E-state index contributed by atoms with van der Waals surface area (Å²) in [7, 11) is -1.30. The van der Waals surface area contributed by atoms with Gasteiger partial charge < -0.3 is 24.0 Å². The van der Waals surface area contributed by atoms with Gasteiger partial charge in [-0.2, -0.15) is 0 Å². The van der Waals surface area contributed by atoms with E-state index in [4.69, 9.17) is 14.2 Å². The van der Waals surface area contributed by atoms with Crippen molar-refractivity contribution >= 4 is 31.9 Å². The topological polar surface area (TPSA) is 106 Å². The molecule has 0 aliphatic carbocycles. The summed E-state index contributed by atoms with van der Waals surface area (Å²) in [5, 5.41) is 0. The molecule has 3 aliphatic heterocycles. The molecule has 0 bridgehead atoms. The van der Waals surface area contributed by atoms with Crippen molar-refractivity contribution < 1.29 is 33.4 Å². The number of piperidine rings is 1. The molecule has 4 amide bonds. The normalized spacial score (nSPS) is 22.1. The minimum Gasteiger partial charge on any atom is -0.489 e. The molecule has 0 aromatic heterocycles. The second kappa shape index (κ2) is 12.5. The molecule has 2 fully saturated rings. The van der Waals surface area contributed by atoms with E-state index in [1.165, 1.54) is 0 Å². The molecule has 3 aliphatic rings. The number of ether oxygens (including phenoxy) is 3. The molecule has 4 rings (SSSR count). The van der Waals surface area contributed by atoms with Crippen LogP contribution >= 0.6 is 0 Å². The van der Waals surface area contributed by atoms with Crippen molar-refractivity contribution in [3.8, 4) is 5.75 Å². The van der Waals surface area contributed by atoms with Gasteiger partial charge in [0.15, 0.2) is 0 Å². The van der Waals surface area contributed by atoms with Crippen LogP contribution in [0.3, 0.4) is 0 Å². The SMILES string of the molecule is CC(C)(C)OC(=O)N1CCCC[C@H](Oc2ccc3c(c2)CN(C2CCC(=O)N(COCC[Si](C)(C)C)C2=O)C3=O)C1. The minimum absolute atomic E-state index is 0.0761. The number of rotatable bonds is 8. The second-order valence-electron chi connectivity index (χ2n) is 13.5. The average molecular weight is 588 g/mol. The maximum atomic E-state index is 13.3. The van der Waals surface area contributed by atoms with E-state index in [9.17, 15) is 19.2 Å². The average Bonchev–Trinajstić information content (AvgIpc) is 3.02. The quantitative estimate of drug-likeness (QED) is 0.248. The molecule has 3 heterocycles. The molecule has 1 aromatic rings. The summed E-state index contributed by atoms with van der Waals surface area (Å²) in [6.07, 6.45) is 2.58. The zero-order valence-electron chi connectivity index (χ0n) is 25.4. The smallest absolute Gasteiger partial charge is 0.410 e. The van der Waals surface area contributed by atoms with Crippen LogP contribution in [-0.4, -0.2) is 90.8 Å². The van der Waals surface area contributed by atoms with Crippen molar-refractivity contribution in [2.24, 2.45) is 0 Å². The Hall–Kier alpha value is -2.92. The van der Waals surface area contributed by atoms with Crippen LogP contribution in [0.1, 0.15) is 68.8 Å². The van der Waals surface area contributed by atoms with Crippen molar-refractivity contribution in [2.75, 3.05) is 26.4 Å². The zero-order valence-corrected chi connectivity index (χ0v) is 26.4. The van der Waals surface area contributed by atoms with Crippen LogP contribution in [0.2, 0.25) is 25.7 Å². The minimum atomic E-state index is -1.30. The summed E-state index contributed by atoms with van der Waals surface area (Å²) in [5.74, 6) is -0.239. The molecule has 0 radical (unpaired) electrons. The number of hydrogen-bond donors (Lipinski definition) is 0. The van der Waals surface area contributed by atoms with Crippen LogP contribution in [0.15, 0.2) is 18.2 Å². The standard InChI is InChI=1S/C30H45N3O7Si/c1-30(2,3)40-29(37)31-14-8-7-9-23(19-31)39-22-10-11-24-21(17-22)18-32(27(24)35)25-12-13-26(34)33(28(25)36)20-38-15-16-41(4,5)6/h10-11,17,23,25H,7-9,12-16,18-20H2,1-6H3/t23-,25?/m0/s1. The third kappa shape index (κ3) is 8.09. The molecule has 1 unspecified atom stereocenters. The Kier molecular flexibility index (Phi) is 9.48. The molecule has 0 N–H and O–H groups in total. The first-order valence-corrected chi connectivity index (χ1v) is 18.4. The fourth-order valence-corrected chi connectivity index (χ4v) is 6.07. The molecular weight excluding hydrogens is 542 g/mol. The Morgan fingerprint density at radius 3 is 2.54 bits per heavy atom. The van der Waals surface area contributed by atoms with E-state index < -0.39 is 19.7 Å². The summed E-state index contributed by atoms with van der Waals surface area (Å²) in [5.41, 5.74) is 0.757. The van der Waals surface area contributed by atoms with E-state index >= 15 is 0 Å². The van der Waals surface area contributed by atoms with Crippen LogP contribution in [0.5, 0.6) is 5.75 Å². The molecule has 11 heteroatoms. The highest BCUT2D eigenvalue weighted by Gasteiger charge is 2.43.